The van der Waals surface area contributed by atoms with Crippen LogP contribution < -0.4 is 10.3 Å². The van der Waals surface area contributed by atoms with Gasteiger partial charge in [0.25, 0.3) is 5.56 Å². The first kappa shape index (κ1) is 15.9. The van der Waals surface area contributed by atoms with Crippen molar-refractivity contribution in [3.8, 4) is 16.9 Å². The Balaban J connectivity index is 2.56. The van der Waals surface area contributed by atoms with E-state index in [2.05, 4.69) is 4.74 Å². The molecule has 0 aliphatic heterocycles. The molecule has 22 heavy (non-hydrogen) atoms. The fourth-order valence-electron chi connectivity index (χ4n) is 1.77. The molecule has 2 aromatic rings. The first-order valence-electron chi connectivity index (χ1n) is 5.73. The molecule has 1 aromatic heterocycles. The number of halogens is 6. The standard InChI is InChI=1S/C13H7F6NO2/c14-12(15,16)9-5-7(6-20-11(9)21)8-3-1-2-4-10(8)22-13(17,18)19/h1-6H,(H,20,21). The SMILES string of the molecule is O=c1[nH]cc(-c2ccccc2OC(F)(F)F)cc1C(F)(F)F. The highest BCUT2D eigenvalue weighted by molar-refractivity contribution is 5.70. The minimum atomic E-state index is -4.99. The number of aromatic amines is 1. The van der Waals surface area contributed by atoms with Crippen LogP contribution in [-0.4, -0.2) is 11.3 Å². The molecular weight excluding hydrogens is 316 g/mol. The minimum absolute atomic E-state index is 0.235. The van der Waals surface area contributed by atoms with Crippen molar-refractivity contribution in [1.29, 1.82) is 0 Å². The van der Waals surface area contributed by atoms with Gasteiger partial charge >= 0.3 is 12.5 Å². The van der Waals surface area contributed by atoms with E-state index in [1.807, 2.05) is 4.98 Å². The molecule has 0 aliphatic carbocycles. The van der Waals surface area contributed by atoms with Gasteiger partial charge in [-0.1, -0.05) is 18.2 Å². The van der Waals surface area contributed by atoms with E-state index in [9.17, 15) is 31.1 Å². The summed E-state index contributed by atoms with van der Waals surface area (Å²) in [6.45, 7) is 0. The number of hydrogen-bond acceptors (Lipinski definition) is 2. The van der Waals surface area contributed by atoms with E-state index in [1.54, 1.807) is 0 Å². The summed E-state index contributed by atoms with van der Waals surface area (Å²) in [5, 5.41) is 0. The average Bonchev–Trinajstić information content (AvgIpc) is 2.37. The van der Waals surface area contributed by atoms with Crippen LogP contribution in [0.4, 0.5) is 26.3 Å². The number of benzene rings is 1. The van der Waals surface area contributed by atoms with Crippen LogP contribution in [0.1, 0.15) is 5.56 Å². The summed E-state index contributed by atoms with van der Waals surface area (Å²) < 4.78 is 78.8. The van der Waals surface area contributed by atoms with Crippen LogP contribution in [0.2, 0.25) is 0 Å². The summed E-state index contributed by atoms with van der Waals surface area (Å²) in [6, 6.07) is 5.14. The fourth-order valence-corrected chi connectivity index (χ4v) is 1.77. The van der Waals surface area contributed by atoms with Gasteiger partial charge in [0, 0.05) is 17.3 Å². The van der Waals surface area contributed by atoms with Crippen LogP contribution in [0.25, 0.3) is 11.1 Å². The van der Waals surface area contributed by atoms with Crippen LogP contribution in [0.15, 0.2) is 41.3 Å². The molecule has 0 amide bonds. The van der Waals surface area contributed by atoms with Crippen molar-refractivity contribution in [2.45, 2.75) is 12.5 Å². The van der Waals surface area contributed by atoms with Crippen molar-refractivity contribution in [1.82, 2.24) is 4.98 Å². The van der Waals surface area contributed by atoms with Gasteiger partial charge in [0.05, 0.1) is 0 Å². The molecule has 0 atom stereocenters. The highest BCUT2D eigenvalue weighted by Gasteiger charge is 2.35. The summed E-state index contributed by atoms with van der Waals surface area (Å²) in [5.74, 6) is -0.671. The highest BCUT2D eigenvalue weighted by Crippen LogP contribution is 2.35. The number of hydrogen-bond donors (Lipinski definition) is 1. The number of pyridine rings is 1. The smallest absolute Gasteiger partial charge is 0.405 e. The maximum atomic E-state index is 12.7. The first-order valence-corrected chi connectivity index (χ1v) is 5.73. The third-order valence-corrected chi connectivity index (χ3v) is 2.63. The first-order chi connectivity index (χ1) is 10.1. The maximum Gasteiger partial charge on any atom is 0.573 e. The van der Waals surface area contributed by atoms with Crippen LogP contribution in [0.3, 0.4) is 0 Å². The Morgan fingerprint density at radius 1 is 1.00 bits per heavy atom. The largest absolute Gasteiger partial charge is 0.573 e. The predicted octanol–water partition coefficient (Wildman–Crippen LogP) is 3.96. The lowest BCUT2D eigenvalue weighted by Gasteiger charge is -2.14. The Bertz CT molecular complexity index is 732. The zero-order valence-corrected chi connectivity index (χ0v) is 10.5. The number of ether oxygens (including phenoxy) is 1. The molecule has 0 radical (unpaired) electrons. The van der Waals surface area contributed by atoms with Gasteiger partial charge in [-0.05, 0) is 12.1 Å². The molecule has 0 aliphatic rings. The van der Waals surface area contributed by atoms with Crippen LogP contribution >= 0.6 is 0 Å². The van der Waals surface area contributed by atoms with Crippen LogP contribution in [0, 0.1) is 0 Å². The van der Waals surface area contributed by atoms with Gasteiger partial charge < -0.3 is 9.72 Å². The molecular formula is C13H7F6NO2. The van der Waals surface area contributed by atoms with Gasteiger partial charge in [-0.2, -0.15) is 13.2 Å². The van der Waals surface area contributed by atoms with Crippen molar-refractivity contribution in [3.63, 3.8) is 0 Å². The molecule has 0 saturated carbocycles. The zero-order valence-electron chi connectivity index (χ0n) is 10.5. The molecule has 0 saturated heterocycles. The van der Waals surface area contributed by atoms with Gasteiger partial charge in [-0.3, -0.25) is 4.79 Å². The fraction of sp³-hybridized carbons (Fsp3) is 0.154. The van der Waals surface area contributed by atoms with E-state index in [0.717, 1.165) is 18.3 Å². The molecule has 1 heterocycles. The monoisotopic (exact) mass is 323 g/mol. The second-order valence-electron chi connectivity index (χ2n) is 4.17. The number of H-pyrrole nitrogens is 1. The number of rotatable bonds is 2. The van der Waals surface area contributed by atoms with Crippen LogP contribution in [0.5, 0.6) is 5.75 Å². The topological polar surface area (TPSA) is 42.1 Å². The molecule has 2 rings (SSSR count). The molecule has 1 aromatic carbocycles. The Kier molecular flexibility index (Phi) is 3.90. The van der Waals surface area contributed by atoms with E-state index in [0.29, 0.717) is 6.07 Å². The third-order valence-electron chi connectivity index (χ3n) is 2.63. The minimum Gasteiger partial charge on any atom is -0.405 e. The number of para-hydroxylation sites is 1. The third kappa shape index (κ3) is 3.60. The summed E-state index contributed by atoms with van der Waals surface area (Å²) in [4.78, 5) is 13.0. The molecule has 0 spiro atoms. The lowest BCUT2D eigenvalue weighted by molar-refractivity contribution is -0.274. The van der Waals surface area contributed by atoms with E-state index >= 15 is 0 Å². The summed E-state index contributed by atoms with van der Waals surface area (Å²) >= 11 is 0. The number of nitrogens with one attached hydrogen (secondary N) is 1. The van der Waals surface area contributed by atoms with Gasteiger partial charge in [0.15, 0.2) is 0 Å². The molecule has 0 fully saturated rings. The predicted molar refractivity (Wildman–Crippen MR) is 64.2 cm³/mol. The van der Waals surface area contributed by atoms with E-state index in [1.165, 1.54) is 12.1 Å². The van der Waals surface area contributed by atoms with E-state index < -0.39 is 29.4 Å². The number of aromatic nitrogens is 1. The Labute approximate surface area is 119 Å². The lowest BCUT2D eigenvalue weighted by Crippen LogP contribution is -2.21. The summed E-state index contributed by atoms with van der Waals surface area (Å²) in [5.41, 5.74) is -3.38. The molecule has 0 bridgehead atoms. The van der Waals surface area contributed by atoms with E-state index in [-0.39, 0.29) is 11.1 Å². The Morgan fingerprint density at radius 2 is 1.64 bits per heavy atom. The van der Waals surface area contributed by atoms with Crippen LogP contribution in [-0.2, 0) is 6.18 Å². The second-order valence-corrected chi connectivity index (χ2v) is 4.17. The normalized spacial score (nSPS) is 12.3. The molecule has 0 unspecified atom stereocenters. The van der Waals surface area contributed by atoms with Crippen molar-refractivity contribution >= 4 is 0 Å². The van der Waals surface area contributed by atoms with Gasteiger partial charge in [-0.25, -0.2) is 0 Å². The molecule has 3 nitrogen and oxygen atoms in total. The summed E-state index contributed by atoms with van der Waals surface area (Å²) in [6.07, 6.45) is -9.04. The van der Waals surface area contributed by atoms with Crippen molar-refractivity contribution in [2.75, 3.05) is 0 Å². The van der Waals surface area contributed by atoms with Gasteiger partial charge in [0.1, 0.15) is 11.3 Å². The molecule has 9 heteroatoms. The van der Waals surface area contributed by atoms with Crippen molar-refractivity contribution < 1.29 is 31.1 Å². The second kappa shape index (κ2) is 5.39. The van der Waals surface area contributed by atoms with Crippen molar-refractivity contribution in [2.24, 2.45) is 0 Å². The number of alkyl halides is 6. The van der Waals surface area contributed by atoms with Crippen molar-refractivity contribution in [3.05, 3.63) is 52.4 Å². The zero-order chi connectivity index (χ0) is 16.5. The Morgan fingerprint density at radius 3 is 2.23 bits per heavy atom. The summed E-state index contributed by atoms with van der Waals surface area (Å²) in [7, 11) is 0. The quantitative estimate of drug-likeness (QED) is 0.850. The molecule has 118 valence electrons. The molecule has 1 N–H and O–H groups in total. The average molecular weight is 323 g/mol. The van der Waals surface area contributed by atoms with E-state index in [4.69, 9.17) is 0 Å². The maximum absolute atomic E-state index is 12.7. The lowest BCUT2D eigenvalue weighted by atomic mass is 10.0. The van der Waals surface area contributed by atoms with Gasteiger partial charge in [-0.15, -0.1) is 13.2 Å². The highest BCUT2D eigenvalue weighted by atomic mass is 19.4. The Hall–Kier alpha value is -2.45. The van der Waals surface area contributed by atoms with Gasteiger partial charge in [0.2, 0.25) is 0 Å².